The van der Waals surface area contributed by atoms with Crippen molar-refractivity contribution in [2.75, 3.05) is 6.26 Å². The molecule has 1 aromatic rings. The van der Waals surface area contributed by atoms with Crippen LogP contribution >= 0.6 is 11.8 Å². The first kappa shape index (κ1) is 11.1. The molecule has 0 aliphatic rings. The minimum absolute atomic E-state index is 0.123. The highest BCUT2D eigenvalue weighted by Crippen LogP contribution is 2.20. The van der Waals surface area contributed by atoms with E-state index in [2.05, 4.69) is 6.07 Å². The number of hydrogen-bond donors (Lipinski definition) is 1. The summed E-state index contributed by atoms with van der Waals surface area (Å²) in [6.45, 7) is 2.05. The largest absolute Gasteiger partial charge is 0.481 e. The van der Waals surface area contributed by atoms with E-state index in [1.54, 1.807) is 11.8 Å². The third kappa shape index (κ3) is 2.77. The van der Waals surface area contributed by atoms with Crippen molar-refractivity contribution in [1.82, 2.24) is 0 Å². The third-order valence-corrected chi connectivity index (χ3v) is 2.86. The van der Waals surface area contributed by atoms with Crippen molar-refractivity contribution in [1.29, 1.82) is 0 Å². The summed E-state index contributed by atoms with van der Waals surface area (Å²) < 4.78 is 0. The molecule has 0 fully saturated rings. The molecular formula is C11H14O2S. The van der Waals surface area contributed by atoms with Gasteiger partial charge in [0.2, 0.25) is 0 Å². The van der Waals surface area contributed by atoms with Crippen molar-refractivity contribution in [3.63, 3.8) is 0 Å². The number of carboxylic acid groups (broad SMARTS) is 1. The minimum atomic E-state index is -0.767. The van der Waals surface area contributed by atoms with Gasteiger partial charge in [-0.2, -0.15) is 0 Å². The van der Waals surface area contributed by atoms with Crippen LogP contribution in [0.25, 0.3) is 0 Å². The molecule has 0 atom stereocenters. The molecular weight excluding hydrogens is 196 g/mol. The van der Waals surface area contributed by atoms with E-state index in [1.165, 1.54) is 4.90 Å². The van der Waals surface area contributed by atoms with Crippen molar-refractivity contribution in [2.45, 2.75) is 24.7 Å². The summed E-state index contributed by atoms with van der Waals surface area (Å²) in [5.74, 6) is -0.767. The molecule has 0 spiro atoms. The Morgan fingerprint density at radius 1 is 1.43 bits per heavy atom. The molecule has 0 aromatic heterocycles. The smallest absolute Gasteiger partial charge is 0.307 e. The van der Waals surface area contributed by atoms with Crippen molar-refractivity contribution in [3.05, 3.63) is 29.3 Å². The zero-order valence-corrected chi connectivity index (χ0v) is 9.23. The number of carboxylic acids is 1. The van der Waals surface area contributed by atoms with Crippen LogP contribution in [0.3, 0.4) is 0 Å². The number of aryl methyl sites for hydroxylation is 1. The maximum absolute atomic E-state index is 10.6. The van der Waals surface area contributed by atoms with Crippen LogP contribution in [0.2, 0.25) is 0 Å². The zero-order chi connectivity index (χ0) is 10.6. The lowest BCUT2D eigenvalue weighted by atomic mass is 10.0. The van der Waals surface area contributed by atoms with E-state index in [9.17, 15) is 4.79 Å². The van der Waals surface area contributed by atoms with Gasteiger partial charge in [-0.3, -0.25) is 4.79 Å². The number of thioether (sulfide) groups is 1. The van der Waals surface area contributed by atoms with Crippen molar-refractivity contribution >= 4 is 17.7 Å². The number of carbonyl (C=O) groups is 1. The average Bonchev–Trinajstić information content (AvgIpc) is 2.17. The summed E-state index contributed by atoms with van der Waals surface area (Å²) in [6.07, 6.45) is 3.03. The van der Waals surface area contributed by atoms with Gasteiger partial charge in [-0.05, 0) is 35.9 Å². The Kier molecular flexibility index (Phi) is 4.01. The number of benzene rings is 1. The number of aliphatic carboxylic acids is 1. The second-order valence-corrected chi connectivity index (χ2v) is 3.94. The predicted octanol–water partition coefficient (Wildman–Crippen LogP) is 2.60. The highest BCUT2D eigenvalue weighted by Gasteiger charge is 2.06. The standard InChI is InChI=1S/C11H14O2S/c1-3-8-6-10(14-2)5-4-9(8)7-11(12)13/h4-6H,3,7H2,1-2H3,(H,12,13). The molecule has 0 amide bonds. The molecule has 1 N–H and O–H groups in total. The van der Waals surface area contributed by atoms with Gasteiger partial charge in [0.15, 0.2) is 0 Å². The van der Waals surface area contributed by atoms with Crippen LogP contribution in [0, 0.1) is 0 Å². The fraction of sp³-hybridized carbons (Fsp3) is 0.364. The first-order valence-electron chi connectivity index (χ1n) is 4.55. The Bertz CT molecular complexity index is 334. The van der Waals surface area contributed by atoms with Gasteiger partial charge < -0.3 is 5.11 Å². The predicted molar refractivity (Wildman–Crippen MR) is 58.9 cm³/mol. The summed E-state index contributed by atoms with van der Waals surface area (Å²) in [5, 5.41) is 8.71. The SMILES string of the molecule is CCc1cc(SC)ccc1CC(=O)O. The normalized spacial score (nSPS) is 10.1. The Hall–Kier alpha value is -0.960. The quantitative estimate of drug-likeness (QED) is 0.776. The molecule has 14 heavy (non-hydrogen) atoms. The molecule has 0 aliphatic heterocycles. The fourth-order valence-corrected chi connectivity index (χ4v) is 1.86. The fourth-order valence-electron chi connectivity index (χ4n) is 1.39. The average molecular weight is 210 g/mol. The maximum Gasteiger partial charge on any atom is 0.307 e. The topological polar surface area (TPSA) is 37.3 Å². The van der Waals surface area contributed by atoms with Crippen LogP contribution in [0.4, 0.5) is 0 Å². The van der Waals surface area contributed by atoms with Crippen LogP contribution in [-0.2, 0) is 17.6 Å². The van der Waals surface area contributed by atoms with Crippen molar-refractivity contribution in [2.24, 2.45) is 0 Å². The first-order chi connectivity index (χ1) is 6.67. The van der Waals surface area contributed by atoms with E-state index in [4.69, 9.17) is 5.11 Å². The minimum Gasteiger partial charge on any atom is -0.481 e. The second-order valence-electron chi connectivity index (χ2n) is 3.06. The Morgan fingerprint density at radius 2 is 2.14 bits per heavy atom. The summed E-state index contributed by atoms with van der Waals surface area (Å²) >= 11 is 1.68. The summed E-state index contributed by atoms with van der Waals surface area (Å²) in [4.78, 5) is 11.8. The second kappa shape index (κ2) is 5.05. The summed E-state index contributed by atoms with van der Waals surface area (Å²) in [5.41, 5.74) is 2.07. The van der Waals surface area contributed by atoms with Crippen molar-refractivity contribution in [3.8, 4) is 0 Å². The lowest BCUT2D eigenvalue weighted by Crippen LogP contribution is -2.03. The van der Waals surface area contributed by atoms with E-state index in [0.29, 0.717) is 0 Å². The maximum atomic E-state index is 10.6. The van der Waals surface area contributed by atoms with E-state index in [0.717, 1.165) is 17.5 Å². The molecule has 3 heteroatoms. The van der Waals surface area contributed by atoms with Gasteiger partial charge in [-0.25, -0.2) is 0 Å². The molecule has 0 heterocycles. The van der Waals surface area contributed by atoms with Gasteiger partial charge in [0.25, 0.3) is 0 Å². The van der Waals surface area contributed by atoms with Crippen LogP contribution in [0.15, 0.2) is 23.1 Å². The number of rotatable bonds is 4. The molecule has 0 bridgehead atoms. The van der Waals surface area contributed by atoms with Crippen molar-refractivity contribution < 1.29 is 9.90 Å². The summed E-state index contributed by atoms with van der Waals surface area (Å²) in [6, 6.07) is 5.96. The monoisotopic (exact) mass is 210 g/mol. The highest BCUT2D eigenvalue weighted by molar-refractivity contribution is 7.98. The number of hydrogen-bond acceptors (Lipinski definition) is 2. The van der Waals surface area contributed by atoms with E-state index in [1.807, 2.05) is 25.3 Å². The lowest BCUT2D eigenvalue weighted by Gasteiger charge is -2.07. The van der Waals surface area contributed by atoms with Crippen LogP contribution in [-0.4, -0.2) is 17.3 Å². The summed E-state index contributed by atoms with van der Waals surface area (Å²) in [7, 11) is 0. The van der Waals surface area contributed by atoms with Gasteiger partial charge in [-0.15, -0.1) is 11.8 Å². The van der Waals surface area contributed by atoms with E-state index < -0.39 is 5.97 Å². The zero-order valence-electron chi connectivity index (χ0n) is 8.41. The van der Waals surface area contributed by atoms with Gasteiger partial charge in [0.1, 0.15) is 0 Å². The van der Waals surface area contributed by atoms with E-state index >= 15 is 0 Å². The highest BCUT2D eigenvalue weighted by atomic mass is 32.2. The lowest BCUT2D eigenvalue weighted by molar-refractivity contribution is -0.136. The molecule has 0 saturated heterocycles. The Balaban J connectivity index is 2.98. The molecule has 1 rings (SSSR count). The van der Waals surface area contributed by atoms with Crippen LogP contribution in [0.1, 0.15) is 18.1 Å². The Labute approximate surface area is 88.3 Å². The molecule has 0 saturated carbocycles. The third-order valence-electron chi connectivity index (χ3n) is 2.14. The molecule has 0 unspecified atom stereocenters. The molecule has 76 valence electrons. The van der Waals surface area contributed by atoms with E-state index in [-0.39, 0.29) is 6.42 Å². The van der Waals surface area contributed by atoms with Crippen LogP contribution < -0.4 is 0 Å². The van der Waals surface area contributed by atoms with Gasteiger partial charge >= 0.3 is 5.97 Å². The van der Waals surface area contributed by atoms with Gasteiger partial charge in [0.05, 0.1) is 6.42 Å². The first-order valence-corrected chi connectivity index (χ1v) is 5.77. The Morgan fingerprint density at radius 3 is 2.64 bits per heavy atom. The van der Waals surface area contributed by atoms with Gasteiger partial charge in [-0.1, -0.05) is 13.0 Å². The molecule has 0 radical (unpaired) electrons. The molecule has 1 aromatic carbocycles. The van der Waals surface area contributed by atoms with Crippen LogP contribution in [0.5, 0.6) is 0 Å². The molecule has 0 aliphatic carbocycles. The van der Waals surface area contributed by atoms with Gasteiger partial charge in [0, 0.05) is 4.90 Å². The molecule has 2 nitrogen and oxygen atoms in total.